The largest absolute Gasteiger partial charge is 0.297 e. The Bertz CT molecular complexity index is 870. The summed E-state index contributed by atoms with van der Waals surface area (Å²) in [5.74, 6) is -0.0344. The molecule has 2 heterocycles. The summed E-state index contributed by atoms with van der Waals surface area (Å²) < 4.78 is 1.13. The number of aromatic nitrogens is 1. The van der Waals surface area contributed by atoms with Gasteiger partial charge in [-0.2, -0.15) is 0 Å². The van der Waals surface area contributed by atoms with Crippen LogP contribution in [0.15, 0.2) is 18.2 Å². The van der Waals surface area contributed by atoms with Crippen LogP contribution in [0, 0.1) is 13.8 Å². The summed E-state index contributed by atoms with van der Waals surface area (Å²) >= 11 is 3.17. The first-order valence-corrected chi connectivity index (χ1v) is 9.04. The lowest BCUT2D eigenvalue weighted by Crippen LogP contribution is -2.09. The van der Waals surface area contributed by atoms with E-state index in [1.165, 1.54) is 22.4 Å². The zero-order valence-electron chi connectivity index (χ0n) is 12.5. The van der Waals surface area contributed by atoms with E-state index in [1.807, 2.05) is 6.07 Å². The lowest BCUT2D eigenvalue weighted by molar-refractivity contribution is 0.103. The van der Waals surface area contributed by atoms with Gasteiger partial charge in [0, 0.05) is 4.88 Å². The highest BCUT2D eigenvalue weighted by Gasteiger charge is 2.19. The van der Waals surface area contributed by atoms with Gasteiger partial charge in [0.25, 0.3) is 5.91 Å². The van der Waals surface area contributed by atoms with Crippen LogP contribution < -0.4 is 5.32 Å². The molecule has 0 aliphatic heterocycles. The third kappa shape index (κ3) is 2.34. The monoisotopic (exact) mass is 328 g/mol. The van der Waals surface area contributed by atoms with Gasteiger partial charge >= 0.3 is 0 Å². The molecule has 2 aromatic heterocycles. The van der Waals surface area contributed by atoms with Gasteiger partial charge in [-0.3, -0.25) is 10.1 Å². The number of nitrogens with zero attached hydrogens (tertiary/aromatic N) is 1. The standard InChI is InChI=1S/C17H16N2OS2/c1-9-6-10(2)15-13(7-9)22-17(18-15)19-16(20)14-8-11-4-3-5-12(11)21-14/h6-8H,3-5H2,1-2H3,(H,18,19,20). The number of aryl methyl sites for hydroxylation is 4. The van der Waals surface area contributed by atoms with Crippen LogP contribution >= 0.6 is 22.7 Å². The number of amides is 1. The Morgan fingerprint density at radius 2 is 2.05 bits per heavy atom. The first-order valence-electron chi connectivity index (χ1n) is 7.41. The van der Waals surface area contributed by atoms with E-state index in [2.05, 4.69) is 36.3 Å². The van der Waals surface area contributed by atoms with E-state index in [4.69, 9.17) is 0 Å². The van der Waals surface area contributed by atoms with Crippen molar-refractivity contribution >= 4 is 43.9 Å². The number of nitrogens with one attached hydrogen (secondary N) is 1. The predicted molar refractivity (Wildman–Crippen MR) is 93.4 cm³/mol. The second-order valence-electron chi connectivity index (χ2n) is 5.81. The number of thiophene rings is 1. The molecule has 0 saturated heterocycles. The normalized spacial score (nSPS) is 13.5. The molecule has 1 aliphatic carbocycles. The molecule has 0 bridgehead atoms. The molecule has 0 radical (unpaired) electrons. The van der Waals surface area contributed by atoms with E-state index in [1.54, 1.807) is 22.7 Å². The van der Waals surface area contributed by atoms with E-state index >= 15 is 0 Å². The first-order chi connectivity index (χ1) is 10.6. The third-order valence-electron chi connectivity index (χ3n) is 4.02. The number of fused-ring (bicyclic) bond motifs is 2. The topological polar surface area (TPSA) is 42.0 Å². The molecule has 1 amide bonds. The summed E-state index contributed by atoms with van der Waals surface area (Å²) in [6.45, 7) is 4.14. The van der Waals surface area contributed by atoms with Crippen molar-refractivity contribution < 1.29 is 4.79 Å². The molecule has 1 aliphatic rings. The molecule has 0 atom stereocenters. The maximum absolute atomic E-state index is 12.4. The Labute approximate surface area is 137 Å². The van der Waals surface area contributed by atoms with Crippen LogP contribution in [0.3, 0.4) is 0 Å². The number of hydrogen-bond donors (Lipinski definition) is 1. The van der Waals surface area contributed by atoms with Gasteiger partial charge in [-0.05, 0) is 61.9 Å². The number of rotatable bonds is 2. The van der Waals surface area contributed by atoms with Gasteiger partial charge in [0.05, 0.1) is 15.1 Å². The van der Waals surface area contributed by atoms with Gasteiger partial charge in [-0.25, -0.2) is 4.98 Å². The van der Waals surface area contributed by atoms with Gasteiger partial charge in [-0.15, -0.1) is 11.3 Å². The SMILES string of the molecule is Cc1cc(C)c2nc(NC(=O)c3cc4c(s3)CCC4)sc2c1. The van der Waals surface area contributed by atoms with Crippen molar-refractivity contribution in [2.24, 2.45) is 0 Å². The zero-order valence-corrected chi connectivity index (χ0v) is 14.2. The third-order valence-corrected chi connectivity index (χ3v) is 6.17. The molecular formula is C17H16N2OS2. The van der Waals surface area contributed by atoms with Crippen molar-refractivity contribution in [1.82, 2.24) is 4.98 Å². The minimum absolute atomic E-state index is 0.0344. The maximum Gasteiger partial charge on any atom is 0.267 e. The molecule has 0 saturated carbocycles. The highest BCUT2D eigenvalue weighted by Crippen LogP contribution is 2.32. The fourth-order valence-corrected chi connectivity index (χ4v) is 5.21. The molecule has 3 aromatic rings. The molecule has 0 fully saturated rings. The maximum atomic E-state index is 12.4. The van der Waals surface area contributed by atoms with Gasteiger partial charge in [-0.1, -0.05) is 17.4 Å². The Balaban J connectivity index is 1.62. The fourth-order valence-electron chi connectivity index (χ4n) is 3.02. The summed E-state index contributed by atoms with van der Waals surface area (Å²) in [5.41, 5.74) is 4.72. The number of anilines is 1. The molecule has 1 aromatic carbocycles. The van der Waals surface area contributed by atoms with E-state index in [9.17, 15) is 4.79 Å². The molecular weight excluding hydrogens is 312 g/mol. The second-order valence-corrected chi connectivity index (χ2v) is 7.98. The van der Waals surface area contributed by atoms with Crippen molar-refractivity contribution in [1.29, 1.82) is 0 Å². The molecule has 5 heteroatoms. The highest BCUT2D eigenvalue weighted by molar-refractivity contribution is 7.22. The molecule has 3 nitrogen and oxygen atoms in total. The van der Waals surface area contributed by atoms with Crippen LogP contribution in [0.25, 0.3) is 10.2 Å². The molecule has 22 heavy (non-hydrogen) atoms. The van der Waals surface area contributed by atoms with Gasteiger partial charge in [0.15, 0.2) is 5.13 Å². The van der Waals surface area contributed by atoms with Crippen molar-refractivity contribution in [3.8, 4) is 0 Å². The number of benzene rings is 1. The number of carbonyl (C=O) groups excluding carboxylic acids is 1. The molecule has 0 spiro atoms. The van der Waals surface area contributed by atoms with E-state index < -0.39 is 0 Å². The molecule has 1 N–H and O–H groups in total. The fraction of sp³-hybridized carbons (Fsp3) is 0.294. The van der Waals surface area contributed by atoms with Crippen LogP contribution in [0.1, 0.15) is 37.7 Å². The van der Waals surface area contributed by atoms with Gasteiger partial charge in [0.2, 0.25) is 0 Å². The minimum Gasteiger partial charge on any atom is -0.297 e. The smallest absolute Gasteiger partial charge is 0.267 e. The van der Waals surface area contributed by atoms with Crippen LogP contribution in [-0.4, -0.2) is 10.9 Å². The first kappa shape index (κ1) is 13.9. The Morgan fingerprint density at radius 1 is 1.18 bits per heavy atom. The van der Waals surface area contributed by atoms with Crippen LogP contribution in [0.5, 0.6) is 0 Å². The van der Waals surface area contributed by atoms with E-state index in [-0.39, 0.29) is 5.91 Å². The van der Waals surface area contributed by atoms with Gasteiger partial charge < -0.3 is 0 Å². The molecule has 4 rings (SSSR count). The van der Waals surface area contributed by atoms with Crippen LogP contribution in [0.4, 0.5) is 5.13 Å². The molecule has 112 valence electrons. The summed E-state index contributed by atoms with van der Waals surface area (Å²) in [4.78, 5) is 19.2. The quantitative estimate of drug-likeness (QED) is 0.740. The minimum atomic E-state index is -0.0344. The van der Waals surface area contributed by atoms with Gasteiger partial charge in [0.1, 0.15) is 0 Å². The predicted octanol–water partition coefficient (Wildman–Crippen LogP) is 4.72. The lowest BCUT2D eigenvalue weighted by atomic mass is 10.1. The Morgan fingerprint density at radius 3 is 2.86 bits per heavy atom. The Hall–Kier alpha value is -1.72. The molecule has 0 unspecified atom stereocenters. The van der Waals surface area contributed by atoms with Crippen molar-refractivity contribution in [3.05, 3.63) is 44.6 Å². The Kier molecular flexibility index (Phi) is 3.27. The van der Waals surface area contributed by atoms with E-state index in [0.717, 1.165) is 33.5 Å². The van der Waals surface area contributed by atoms with Crippen molar-refractivity contribution in [2.75, 3.05) is 5.32 Å². The summed E-state index contributed by atoms with van der Waals surface area (Å²) in [6.07, 6.45) is 3.45. The van der Waals surface area contributed by atoms with Crippen LogP contribution in [-0.2, 0) is 12.8 Å². The average Bonchev–Trinajstić information content (AvgIpc) is 3.10. The number of hydrogen-bond acceptors (Lipinski definition) is 4. The second kappa shape index (κ2) is 5.18. The number of carbonyl (C=O) groups is 1. The summed E-state index contributed by atoms with van der Waals surface area (Å²) in [7, 11) is 0. The highest BCUT2D eigenvalue weighted by atomic mass is 32.1. The van der Waals surface area contributed by atoms with Crippen molar-refractivity contribution in [2.45, 2.75) is 33.1 Å². The summed E-state index contributed by atoms with van der Waals surface area (Å²) in [5, 5.41) is 3.64. The number of thiazole rings is 1. The summed E-state index contributed by atoms with van der Waals surface area (Å²) in [6, 6.07) is 6.29. The van der Waals surface area contributed by atoms with E-state index in [0.29, 0.717) is 5.13 Å². The van der Waals surface area contributed by atoms with Crippen LogP contribution in [0.2, 0.25) is 0 Å². The average molecular weight is 328 g/mol. The van der Waals surface area contributed by atoms with Crippen molar-refractivity contribution in [3.63, 3.8) is 0 Å². The zero-order chi connectivity index (χ0) is 15.3. The lowest BCUT2D eigenvalue weighted by Gasteiger charge is -1.98.